The number of piperidine rings is 1. The SMILES string of the molecule is O=C(CN(C1CC1)S(=O)(=O)c1cccnc1)N1CCCCC1. The van der Waals surface area contributed by atoms with Crippen LogP contribution in [0.2, 0.25) is 0 Å². The molecular formula is C15H21N3O3S. The van der Waals surface area contributed by atoms with Gasteiger partial charge in [0, 0.05) is 31.5 Å². The van der Waals surface area contributed by atoms with Gasteiger partial charge in [0.2, 0.25) is 15.9 Å². The van der Waals surface area contributed by atoms with Crippen LogP contribution in [0.5, 0.6) is 0 Å². The first-order valence-electron chi connectivity index (χ1n) is 7.79. The molecule has 0 spiro atoms. The molecule has 1 aliphatic heterocycles. The summed E-state index contributed by atoms with van der Waals surface area (Å²) in [5.41, 5.74) is 0. The number of hydrogen-bond donors (Lipinski definition) is 0. The molecule has 2 aliphatic rings. The molecule has 0 bridgehead atoms. The summed E-state index contributed by atoms with van der Waals surface area (Å²) >= 11 is 0. The number of pyridine rings is 1. The molecule has 120 valence electrons. The minimum atomic E-state index is -3.65. The third-order valence-corrected chi connectivity index (χ3v) is 6.08. The van der Waals surface area contributed by atoms with Gasteiger partial charge in [-0.15, -0.1) is 0 Å². The van der Waals surface area contributed by atoms with Gasteiger partial charge in [-0.3, -0.25) is 9.78 Å². The zero-order valence-electron chi connectivity index (χ0n) is 12.5. The van der Waals surface area contributed by atoms with Crippen molar-refractivity contribution in [2.45, 2.75) is 43.0 Å². The van der Waals surface area contributed by atoms with Crippen molar-refractivity contribution in [1.82, 2.24) is 14.2 Å². The van der Waals surface area contributed by atoms with Crippen molar-refractivity contribution in [3.05, 3.63) is 24.5 Å². The fourth-order valence-electron chi connectivity index (χ4n) is 2.78. The van der Waals surface area contributed by atoms with Crippen molar-refractivity contribution in [1.29, 1.82) is 0 Å². The molecule has 3 rings (SSSR count). The van der Waals surface area contributed by atoms with Crippen LogP contribution in [0.1, 0.15) is 32.1 Å². The summed E-state index contributed by atoms with van der Waals surface area (Å²) in [5.74, 6) is -0.0842. The van der Waals surface area contributed by atoms with Crippen LogP contribution in [0.15, 0.2) is 29.4 Å². The van der Waals surface area contributed by atoms with Gasteiger partial charge in [0.15, 0.2) is 0 Å². The Labute approximate surface area is 131 Å². The standard InChI is InChI=1S/C15H21N3O3S/c19-15(17-9-2-1-3-10-17)12-18(13-6-7-13)22(20,21)14-5-4-8-16-11-14/h4-5,8,11,13H,1-3,6-7,9-10,12H2. The van der Waals surface area contributed by atoms with Crippen molar-refractivity contribution >= 4 is 15.9 Å². The number of amides is 1. The topological polar surface area (TPSA) is 70.6 Å². The summed E-state index contributed by atoms with van der Waals surface area (Å²) < 4.78 is 26.9. The minimum absolute atomic E-state index is 0.0426. The molecule has 0 unspecified atom stereocenters. The Balaban J connectivity index is 1.77. The van der Waals surface area contributed by atoms with Crippen LogP contribution in [0.4, 0.5) is 0 Å². The average Bonchev–Trinajstić information content (AvgIpc) is 3.38. The fourth-order valence-corrected chi connectivity index (χ4v) is 4.38. The Morgan fingerprint density at radius 1 is 1.27 bits per heavy atom. The second-order valence-electron chi connectivity index (χ2n) is 5.91. The number of hydrogen-bond acceptors (Lipinski definition) is 4. The van der Waals surface area contributed by atoms with E-state index in [1.165, 1.54) is 16.6 Å². The van der Waals surface area contributed by atoms with E-state index < -0.39 is 10.0 Å². The van der Waals surface area contributed by atoms with E-state index in [0.717, 1.165) is 45.2 Å². The Morgan fingerprint density at radius 3 is 2.59 bits per heavy atom. The molecule has 1 saturated heterocycles. The molecular weight excluding hydrogens is 302 g/mol. The van der Waals surface area contributed by atoms with Gasteiger partial charge in [0.25, 0.3) is 0 Å². The monoisotopic (exact) mass is 323 g/mol. The predicted molar refractivity (Wildman–Crippen MR) is 81.6 cm³/mol. The van der Waals surface area contributed by atoms with E-state index in [2.05, 4.69) is 4.98 Å². The third kappa shape index (κ3) is 3.30. The van der Waals surface area contributed by atoms with E-state index in [1.807, 2.05) is 0 Å². The lowest BCUT2D eigenvalue weighted by atomic mass is 10.1. The zero-order chi connectivity index (χ0) is 15.6. The van der Waals surface area contributed by atoms with Crippen molar-refractivity contribution in [2.75, 3.05) is 19.6 Å². The zero-order valence-corrected chi connectivity index (χ0v) is 13.3. The molecule has 0 atom stereocenters. The predicted octanol–water partition coefficient (Wildman–Crippen LogP) is 1.25. The molecule has 22 heavy (non-hydrogen) atoms. The van der Waals surface area contributed by atoms with Crippen LogP contribution in [-0.4, -0.2) is 54.2 Å². The second kappa shape index (κ2) is 6.34. The summed E-state index contributed by atoms with van der Waals surface area (Å²) in [5, 5.41) is 0. The average molecular weight is 323 g/mol. The first-order chi connectivity index (χ1) is 10.6. The number of aromatic nitrogens is 1. The molecule has 1 amide bonds. The maximum atomic E-state index is 12.7. The highest BCUT2D eigenvalue weighted by Crippen LogP contribution is 2.31. The van der Waals surface area contributed by atoms with Crippen molar-refractivity contribution < 1.29 is 13.2 Å². The number of carbonyl (C=O) groups excluding carboxylic acids is 1. The number of rotatable bonds is 5. The molecule has 0 aromatic carbocycles. The van der Waals surface area contributed by atoms with E-state index in [-0.39, 0.29) is 23.4 Å². The quantitative estimate of drug-likeness (QED) is 0.817. The first-order valence-corrected chi connectivity index (χ1v) is 9.23. The first kappa shape index (κ1) is 15.4. The summed E-state index contributed by atoms with van der Waals surface area (Å²) in [7, 11) is -3.65. The van der Waals surface area contributed by atoms with Crippen LogP contribution < -0.4 is 0 Å². The van der Waals surface area contributed by atoms with E-state index in [9.17, 15) is 13.2 Å². The van der Waals surface area contributed by atoms with Gasteiger partial charge in [-0.2, -0.15) is 4.31 Å². The van der Waals surface area contributed by atoms with Crippen molar-refractivity contribution in [3.8, 4) is 0 Å². The Bertz CT molecular complexity index is 623. The number of carbonyl (C=O) groups is 1. The summed E-state index contributed by atoms with van der Waals surface area (Å²) in [6.07, 6.45) is 7.69. The van der Waals surface area contributed by atoms with E-state index in [4.69, 9.17) is 0 Å². The van der Waals surface area contributed by atoms with Gasteiger partial charge >= 0.3 is 0 Å². The highest BCUT2D eigenvalue weighted by atomic mass is 32.2. The molecule has 0 radical (unpaired) electrons. The Hall–Kier alpha value is -1.47. The molecule has 1 aliphatic carbocycles. The van der Waals surface area contributed by atoms with Crippen LogP contribution in [0.3, 0.4) is 0 Å². The molecule has 1 aromatic rings. The molecule has 7 heteroatoms. The lowest BCUT2D eigenvalue weighted by molar-refractivity contribution is -0.132. The summed E-state index contributed by atoms with van der Waals surface area (Å²) in [4.78, 5) is 18.3. The molecule has 2 heterocycles. The Kier molecular flexibility index (Phi) is 4.44. The fraction of sp³-hybridized carbons (Fsp3) is 0.600. The molecule has 1 saturated carbocycles. The normalized spacial score (nSPS) is 19.4. The minimum Gasteiger partial charge on any atom is -0.342 e. The van der Waals surface area contributed by atoms with Crippen LogP contribution in [-0.2, 0) is 14.8 Å². The highest BCUT2D eigenvalue weighted by Gasteiger charge is 2.40. The van der Waals surface area contributed by atoms with E-state index >= 15 is 0 Å². The maximum absolute atomic E-state index is 12.7. The van der Waals surface area contributed by atoms with Crippen molar-refractivity contribution in [3.63, 3.8) is 0 Å². The number of likely N-dealkylation sites (tertiary alicyclic amines) is 1. The largest absolute Gasteiger partial charge is 0.342 e. The van der Waals surface area contributed by atoms with Gasteiger partial charge < -0.3 is 4.90 Å². The third-order valence-electron chi connectivity index (χ3n) is 4.19. The maximum Gasteiger partial charge on any atom is 0.245 e. The number of sulfonamides is 1. The number of nitrogens with zero attached hydrogens (tertiary/aromatic N) is 3. The van der Waals surface area contributed by atoms with Gasteiger partial charge in [0.05, 0.1) is 6.54 Å². The van der Waals surface area contributed by atoms with Gasteiger partial charge in [-0.05, 0) is 44.2 Å². The summed E-state index contributed by atoms with van der Waals surface area (Å²) in [6.45, 7) is 1.43. The van der Waals surface area contributed by atoms with E-state index in [1.54, 1.807) is 17.2 Å². The Morgan fingerprint density at radius 2 is 2.00 bits per heavy atom. The van der Waals surface area contributed by atoms with Gasteiger partial charge in [-0.25, -0.2) is 8.42 Å². The van der Waals surface area contributed by atoms with Gasteiger partial charge in [-0.1, -0.05) is 0 Å². The summed E-state index contributed by atoms with van der Waals surface area (Å²) in [6, 6.07) is 3.09. The lowest BCUT2D eigenvalue weighted by Gasteiger charge is -2.29. The molecule has 0 N–H and O–H groups in total. The van der Waals surface area contributed by atoms with E-state index in [0.29, 0.717) is 0 Å². The lowest BCUT2D eigenvalue weighted by Crippen LogP contribution is -2.45. The van der Waals surface area contributed by atoms with Crippen molar-refractivity contribution in [2.24, 2.45) is 0 Å². The molecule has 2 fully saturated rings. The van der Waals surface area contributed by atoms with Crippen LogP contribution in [0, 0.1) is 0 Å². The molecule has 6 nitrogen and oxygen atoms in total. The van der Waals surface area contributed by atoms with Crippen LogP contribution in [0.25, 0.3) is 0 Å². The second-order valence-corrected chi connectivity index (χ2v) is 7.80. The molecule has 1 aromatic heterocycles. The highest BCUT2D eigenvalue weighted by molar-refractivity contribution is 7.89. The van der Waals surface area contributed by atoms with Crippen LogP contribution >= 0.6 is 0 Å². The smallest absolute Gasteiger partial charge is 0.245 e. The van der Waals surface area contributed by atoms with Gasteiger partial charge in [0.1, 0.15) is 4.90 Å².